The molecule has 4 N–H and O–H groups in total. The average Bonchev–Trinajstić information content (AvgIpc) is 2.89. The highest BCUT2D eigenvalue weighted by Gasteiger charge is 2.56. The van der Waals surface area contributed by atoms with Crippen LogP contribution in [0.5, 0.6) is 0 Å². The zero-order chi connectivity index (χ0) is 21.6. The molecule has 0 aromatic heterocycles. The van der Waals surface area contributed by atoms with E-state index in [1.54, 1.807) is 20.8 Å². The number of nitrogens with one attached hydrogen (secondary N) is 2. The predicted octanol–water partition coefficient (Wildman–Crippen LogP) is 0.740. The molecule has 3 fully saturated rings. The van der Waals surface area contributed by atoms with Crippen molar-refractivity contribution >= 4 is 23.9 Å². The molecule has 0 spiro atoms. The number of likely N-dealkylation sites (tertiary alicyclic amines) is 1. The lowest BCUT2D eigenvalue weighted by atomic mass is 9.67. The number of amides is 5. The number of hydrazine groups is 1. The normalized spacial score (nSPS) is 29.7. The number of nitrogens with zero attached hydrogens (tertiary/aromatic N) is 3. The maximum atomic E-state index is 13.2. The summed E-state index contributed by atoms with van der Waals surface area (Å²) in [5, 5.41) is 20.1. The Hall–Kier alpha value is -2.56. The van der Waals surface area contributed by atoms with Gasteiger partial charge < -0.3 is 10.0 Å². The molecule has 3 aliphatic rings. The Balaban J connectivity index is 1.73. The summed E-state index contributed by atoms with van der Waals surface area (Å²) >= 11 is 0. The van der Waals surface area contributed by atoms with Crippen molar-refractivity contribution in [1.29, 1.82) is 0 Å². The van der Waals surface area contributed by atoms with E-state index in [1.165, 1.54) is 4.90 Å². The highest BCUT2D eigenvalue weighted by molar-refractivity contribution is 5.94. The number of carbonyl (C=O) groups is 4. The quantitative estimate of drug-likeness (QED) is 0.390. The van der Waals surface area contributed by atoms with Gasteiger partial charge in [0.15, 0.2) is 0 Å². The molecule has 2 bridgehead atoms. The first kappa shape index (κ1) is 21.2. The number of piperidine rings is 2. The van der Waals surface area contributed by atoms with Crippen LogP contribution in [0.25, 0.3) is 0 Å². The molecule has 11 heteroatoms. The highest BCUT2D eigenvalue weighted by atomic mass is 16.5. The smallest absolute Gasteiger partial charge is 0.408 e. The number of hydroxylamine groups is 2. The Labute approximate surface area is 168 Å². The Morgan fingerprint density at radius 3 is 2.45 bits per heavy atom. The van der Waals surface area contributed by atoms with Gasteiger partial charge in [-0.3, -0.25) is 30.5 Å². The number of rotatable bonds is 2. The van der Waals surface area contributed by atoms with Crippen LogP contribution in [-0.2, 0) is 9.59 Å². The second-order valence-electron chi connectivity index (χ2n) is 8.97. The highest BCUT2D eigenvalue weighted by Crippen LogP contribution is 2.43. The van der Waals surface area contributed by atoms with E-state index >= 15 is 0 Å². The van der Waals surface area contributed by atoms with E-state index in [2.05, 4.69) is 10.9 Å². The minimum absolute atomic E-state index is 0.243. The number of fused-ring (bicyclic) bond motifs is 2. The van der Waals surface area contributed by atoms with Crippen LogP contribution in [0.2, 0.25) is 0 Å². The summed E-state index contributed by atoms with van der Waals surface area (Å²) in [6.45, 7) is 5.90. The minimum Gasteiger partial charge on any atom is -0.465 e. The molecule has 3 heterocycles. The summed E-state index contributed by atoms with van der Waals surface area (Å²) in [6.07, 6.45) is 1.37. The lowest BCUT2D eigenvalue weighted by Crippen LogP contribution is -2.70. The molecule has 0 aliphatic carbocycles. The molecule has 11 nitrogen and oxygen atoms in total. The predicted molar refractivity (Wildman–Crippen MR) is 99.6 cm³/mol. The van der Waals surface area contributed by atoms with Crippen LogP contribution < -0.4 is 10.9 Å². The van der Waals surface area contributed by atoms with E-state index in [-0.39, 0.29) is 19.1 Å². The first-order chi connectivity index (χ1) is 13.5. The fourth-order valence-electron chi connectivity index (χ4n) is 4.82. The van der Waals surface area contributed by atoms with Crippen molar-refractivity contribution in [2.45, 2.75) is 70.5 Å². The van der Waals surface area contributed by atoms with Gasteiger partial charge in [-0.15, -0.1) is 0 Å². The summed E-state index contributed by atoms with van der Waals surface area (Å²) in [5.41, 5.74) is 2.75. The van der Waals surface area contributed by atoms with Crippen molar-refractivity contribution in [3.05, 3.63) is 0 Å². The first-order valence-electron chi connectivity index (χ1n) is 9.90. The van der Waals surface area contributed by atoms with Gasteiger partial charge in [-0.25, -0.2) is 14.7 Å². The standard InChI is InChI=1S/C18H29N5O6/c1-17(2,3)18(8-4-5-9-22(18)16(27)28)14(25)20-19-13(24)12-7-6-11-10-21(12)15(26)23(11)29/h11-12,29H,4-10H2,1-3H3,(H,19,24)(H,20,25)(H,27,28)/t11-,12+,18-/m1/s1. The Bertz CT molecular complexity index is 722. The van der Waals surface area contributed by atoms with E-state index in [1.807, 2.05) is 0 Å². The van der Waals surface area contributed by atoms with E-state index in [0.29, 0.717) is 37.2 Å². The maximum absolute atomic E-state index is 13.2. The molecule has 0 aromatic carbocycles. The Morgan fingerprint density at radius 2 is 1.83 bits per heavy atom. The van der Waals surface area contributed by atoms with Crippen molar-refractivity contribution in [1.82, 2.24) is 25.7 Å². The van der Waals surface area contributed by atoms with Crippen molar-refractivity contribution in [3.63, 3.8) is 0 Å². The molecule has 0 radical (unpaired) electrons. The zero-order valence-corrected chi connectivity index (χ0v) is 17.0. The van der Waals surface area contributed by atoms with Gasteiger partial charge in [0.05, 0.1) is 6.04 Å². The summed E-state index contributed by atoms with van der Waals surface area (Å²) in [5.74, 6) is -1.16. The van der Waals surface area contributed by atoms with Gasteiger partial charge in [0.1, 0.15) is 11.6 Å². The summed E-state index contributed by atoms with van der Waals surface area (Å²) in [4.78, 5) is 52.2. The molecule has 29 heavy (non-hydrogen) atoms. The summed E-state index contributed by atoms with van der Waals surface area (Å²) in [7, 11) is 0. The fourth-order valence-corrected chi connectivity index (χ4v) is 4.82. The van der Waals surface area contributed by atoms with Gasteiger partial charge in [-0.2, -0.15) is 0 Å². The lowest BCUT2D eigenvalue weighted by Gasteiger charge is -2.51. The van der Waals surface area contributed by atoms with Crippen LogP contribution in [0.4, 0.5) is 9.59 Å². The van der Waals surface area contributed by atoms with Gasteiger partial charge in [0.2, 0.25) is 0 Å². The van der Waals surface area contributed by atoms with E-state index in [4.69, 9.17) is 0 Å². The topological polar surface area (TPSA) is 143 Å². The number of carboxylic acid groups (broad SMARTS) is 1. The molecule has 0 unspecified atom stereocenters. The van der Waals surface area contributed by atoms with Crippen molar-refractivity contribution in [3.8, 4) is 0 Å². The molecule has 3 rings (SSSR count). The number of hydrogen-bond donors (Lipinski definition) is 4. The Morgan fingerprint density at radius 1 is 1.14 bits per heavy atom. The van der Waals surface area contributed by atoms with Crippen LogP contribution in [0.15, 0.2) is 0 Å². The number of carbonyl (C=O) groups excluding carboxylic acids is 3. The SMILES string of the molecule is CC(C)(C)[C@]1(C(=O)NNC(=O)[C@@H]2CC[C@@H]3CN2C(=O)N3O)CCCCN1C(=O)O. The van der Waals surface area contributed by atoms with Crippen molar-refractivity contribution < 1.29 is 29.5 Å². The molecule has 3 atom stereocenters. The third-order valence-electron chi connectivity index (χ3n) is 6.42. The first-order valence-corrected chi connectivity index (χ1v) is 9.90. The van der Waals surface area contributed by atoms with Crippen LogP contribution in [-0.4, -0.2) is 79.8 Å². The largest absolute Gasteiger partial charge is 0.465 e. The molecule has 3 saturated heterocycles. The van der Waals surface area contributed by atoms with Gasteiger partial charge >= 0.3 is 12.1 Å². The van der Waals surface area contributed by atoms with Crippen LogP contribution in [0, 0.1) is 5.41 Å². The third-order valence-corrected chi connectivity index (χ3v) is 6.42. The van der Waals surface area contributed by atoms with Gasteiger partial charge in [0, 0.05) is 13.1 Å². The zero-order valence-electron chi connectivity index (χ0n) is 17.0. The molecular formula is C18H29N5O6. The summed E-state index contributed by atoms with van der Waals surface area (Å²) in [6, 6.07) is -1.75. The molecule has 162 valence electrons. The Kier molecular flexibility index (Phi) is 5.37. The average molecular weight is 411 g/mol. The van der Waals surface area contributed by atoms with Crippen LogP contribution >= 0.6 is 0 Å². The molecule has 3 aliphatic heterocycles. The second-order valence-corrected chi connectivity index (χ2v) is 8.97. The minimum atomic E-state index is -1.33. The van der Waals surface area contributed by atoms with E-state index < -0.39 is 40.9 Å². The molecular weight excluding hydrogens is 382 g/mol. The second kappa shape index (κ2) is 7.36. The van der Waals surface area contributed by atoms with Gasteiger partial charge in [0.25, 0.3) is 11.8 Å². The monoisotopic (exact) mass is 411 g/mol. The van der Waals surface area contributed by atoms with Crippen LogP contribution in [0.1, 0.15) is 52.9 Å². The lowest BCUT2D eigenvalue weighted by molar-refractivity contribution is -0.147. The van der Waals surface area contributed by atoms with Gasteiger partial charge in [-0.05, 0) is 37.5 Å². The van der Waals surface area contributed by atoms with Crippen molar-refractivity contribution in [2.24, 2.45) is 5.41 Å². The molecule has 0 saturated carbocycles. The number of hydrogen-bond acceptors (Lipinski definition) is 5. The van der Waals surface area contributed by atoms with Crippen molar-refractivity contribution in [2.75, 3.05) is 13.1 Å². The van der Waals surface area contributed by atoms with E-state index in [9.17, 15) is 29.5 Å². The van der Waals surface area contributed by atoms with Gasteiger partial charge in [-0.1, -0.05) is 20.8 Å². The fraction of sp³-hybridized carbons (Fsp3) is 0.778. The maximum Gasteiger partial charge on any atom is 0.408 e. The molecule has 0 aromatic rings. The van der Waals surface area contributed by atoms with Crippen LogP contribution in [0.3, 0.4) is 0 Å². The van der Waals surface area contributed by atoms with E-state index in [0.717, 1.165) is 4.90 Å². The molecule has 5 amide bonds. The number of urea groups is 1. The third kappa shape index (κ3) is 3.37. The summed E-state index contributed by atoms with van der Waals surface area (Å²) < 4.78 is 0.